The van der Waals surface area contributed by atoms with Crippen LogP contribution in [0.15, 0.2) is 24.4 Å². The van der Waals surface area contributed by atoms with Crippen molar-refractivity contribution < 1.29 is 43.6 Å². The minimum atomic E-state index is -0.0922. The molecule has 0 amide bonds. The Morgan fingerprint density at radius 3 is 1.40 bits per heavy atom. The molecule has 4 rings (SSSR count). The van der Waals surface area contributed by atoms with Gasteiger partial charge in [0.05, 0.1) is 6.04 Å². The van der Waals surface area contributed by atoms with Gasteiger partial charge in [-0.2, -0.15) is 9.13 Å². The van der Waals surface area contributed by atoms with E-state index in [9.17, 15) is 9.59 Å². The number of Topliss-reactive ketones (excluding diaryl/α,β-unsaturated/α-hetero) is 2. The van der Waals surface area contributed by atoms with Crippen molar-refractivity contribution in [1.29, 1.82) is 0 Å². The molecule has 1 aliphatic heterocycles. The minimum absolute atomic E-state index is 0. The number of hydrogen-bond acceptors (Lipinski definition) is 6. The highest BCUT2D eigenvalue weighted by molar-refractivity contribution is 7.21. The Labute approximate surface area is 446 Å². The highest BCUT2D eigenvalue weighted by Gasteiger charge is 2.39. The Bertz CT molecular complexity index is 1720. The van der Waals surface area contributed by atoms with Gasteiger partial charge in [-0.05, 0) is 57.2 Å². The quantitative estimate of drug-likeness (QED) is 0.0351. The summed E-state index contributed by atoms with van der Waals surface area (Å²) >= 11 is 3.93. The van der Waals surface area contributed by atoms with E-state index < -0.39 is 0 Å². The van der Waals surface area contributed by atoms with E-state index in [1.165, 1.54) is 217 Å². The second-order valence-corrected chi connectivity index (χ2v) is 22.2. The zero-order valence-corrected chi connectivity index (χ0v) is 48.7. The van der Waals surface area contributed by atoms with E-state index >= 15 is 0 Å². The average Bonchev–Trinajstić information content (AvgIpc) is 3.83. The lowest BCUT2D eigenvalue weighted by atomic mass is 10.0. The number of carbonyl (C=O) groups is 2. The summed E-state index contributed by atoms with van der Waals surface area (Å²) in [7, 11) is 0. The summed E-state index contributed by atoms with van der Waals surface area (Å²) in [5.74, 6) is 0.412. The van der Waals surface area contributed by atoms with Gasteiger partial charge < -0.3 is 39.3 Å². The number of pyridine rings is 1. The fourth-order valence-electron chi connectivity index (χ4n) is 10.1. The molecule has 68 heavy (non-hydrogen) atoms. The lowest BCUT2D eigenvalue weighted by molar-refractivity contribution is -0.121. The fourth-order valence-corrected chi connectivity index (χ4v) is 12.9. The number of thiazole rings is 2. The third kappa shape index (κ3) is 23.9. The molecule has 1 atom stereocenters. The third-order valence-corrected chi connectivity index (χ3v) is 16.9. The topological polar surface area (TPSA) is 68.9 Å². The van der Waals surface area contributed by atoms with Gasteiger partial charge in [0.1, 0.15) is 18.8 Å². The highest BCUT2D eigenvalue weighted by atomic mass is 79.9. The first-order valence-corrected chi connectivity index (χ1v) is 29.9. The molecule has 6 nitrogen and oxygen atoms in total. The molecule has 1 unspecified atom stereocenters. The number of rotatable bonds is 39. The van der Waals surface area contributed by atoms with Gasteiger partial charge in [0.15, 0.2) is 26.9 Å². The first-order chi connectivity index (χ1) is 32.5. The molecule has 10 heteroatoms. The summed E-state index contributed by atoms with van der Waals surface area (Å²) in [5, 5.41) is 6.13. The maximum atomic E-state index is 14.8. The second kappa shape index (κ2) is 40.2. The largest absolute Gasteiger partial charge is 1.00 e. The number of nitrogens with zero attached hydrogens (tertiary/aromatic N) is 3. The number of nitrogens with one attached hydrogen (secondary N) is 1. The van der Waals surface area contributed by atoms with E-state index in [0.29, 0.717) is 24.6 Å². The molecule has 1 aliphatic rings. The lowest BCUT2D eigenvalue weighted by Gasteiger charge is -2.20. The maximum absolute atomic E-state index is 14.8. The first-order valence-electron chi connectivity index (χ1n) is 28.3. The molecule has 1 fully saturated rings. The molecule has 1 saturated heterocycles. The van der Waals surface area contributed by atoms with Gasteiger partial charge in [-0.3, -0.25) is 14.6 Å². The van der Waals surface area contributed by atoms with Crippen LogP contribution in [-0.4, -0.2) is 38.3 Å². The summed E-state index contributed by atoms with van der Waals surface area (Å²) in [6.07, 6.45) is 47.6. The predicted octanol–water partition coefficient (Wildman–Crippen LogP) is 11.6. The standard InChI is InChI=1S/C58H98N4O2S2.2BrH/c1-5-9-13-17-21-23-26-33-42-52-56(44-35-28-24-22-18-14-10-6-2)66-57(61(52)47-53(63)49-39-31-29-30-37-45-59-49)58-62(48-54(64)50-40-36-38-46-60-50)51(41-32-25-19-15-11-7-3)55(65-58)43-34-27-20-16-12-8-4;;/h36,38,40,46,49,59H,5-35,37,39,41-45,47-48H2,1-4H3;2*1H/q+2;;/p-2. The van der Waals surface area contributed by atoms with Crippen molar-refractivity contribution in [3.05, 3.63) is 51.2 Å². The van der Waals surface area contributed by atoms with Crippen molar-refractivity contribution in [2.45, 2.75) is 284 Å². The van der Waals surface area contributed by atoms with E-state index in [1.807, 2.05) is 40.9 Å². The first kappa shape index (κ1) is 62.8. The van der Waals surface area contributed by atoms with Crippen LogP contribution in [0.2, 0.25) is 0 Å². The molecule has 3 aromatic heterocycles. The molecule has 0 bridgehead atoms. The molecule has 3 aromatic rings. The molecule has 1 N–H and O–H groups in total. The molecule has 0 spiro atoms. The Morgan fingerprint density at radius 2 is 0.956 bits per heavy atom. The summed E-state index contributed by atoms with van der Waals surface area (Å²) in [6, 6.07) is 5.64. The zero-order valence-electron chi connectivity index (χ0n) is 43.9. The van der Waals surface area contributed by atoms with E-state index in [1.54, 1.807) is 6.20 Å². The Balaban J connectivity index is 0.00000793. The van der Waals surface area contributed by atoms with E-state index in [-0.39, 0.29) is 45.8 Å². The number of unbranched alkanes of at least 4 members (excludes halogenated alkanes) is 24. The van der Waals surface area contributed by atoms with Gasteiger partial charge in [-0.25, -0.2) is 0 Å². The van der Waals surface area contributed by atoms with Crippen LogP contribution in [0, 0.1) is 0 Å². The van der Waals surface area contributed by atoms with Gasteiger partial charge in [-0.15, -0.1) is 0 Å². The monoisotopic (exact) mass is 1100 g/mol. The summed E-state index contributed by atoms with van der Waals surface area (Å²) in [4.78, 5) is 36.7. The van der Waals surface area contributed by atoms with Gasteiger partial charge in [-0.1, -0.05) is 207 Å². The molecular formula is C58H98Br2N4O2S2. The molecule has 0 radical (unpaired) electrons. The van der Waals surface area contributed by atoms with Gasteiger partial charge in [0.25, 0.3) is 10.0 Å². The van der Waals surface area contributed by atoms with Crippen molar-refractivity contribution in [2.75, 3.05) is 6.54 Å². The van der Waals surface area contributed by atoms with Crippen molar-refractivity contribution in [1.82, 2.24) is 19.4 Å². The van der Waals surface area contributed by atoms with Crippen LogP contribution in [0.3, 0.4) is 0 Å². The van der Waals surface area contributed by atoms with E-state index in [2.05, 4.69) is 47.1 Å². The SMILES string of the molecule is CCCCCCCCCCc1s[c+](-[c+]2sc(CCCCCCCC)c(CCCCCCCC)n2CC(=O)c2ccccn2)n(CC(=O)C2CCCCCCN2)c1CCCCCCCCCC.[Br-].[Br-]. The number of ketones is 2. The van der Waals surface area contributed by atoms with Gasteiger partial charge >= 0.3 is 0 Å². The fraction of sp³-hybridized carbons (Fsp3) is 0.776. The lowest BCUT2D eigenvalue weighted by Crippen LogP contribution is -3.00. The van der Waals surface area contributed by atoms with Crippen molar-refractivity contribution in [3.63, 3.8) is 0 Å². The predicted molar refractivity (Wildman–Crippen MR) is 288 cm³/mol. The summed E-state index contributed by atoms with van der Waals surface area (Å²) in [6.45, 7) is 10.8. The van der Waals surface area contributed by atoms with Crippen LogP contribution in [0.1, 0.15) is 271 Å². The van der Waals surface area contributed by atoms with Crippen LogP contribution in [0.4, 0.5) is 0 Å². The van der Waals surface area contributed by atoms with Crippen LogP contribution < -0.4 is 39.3 Å². The van der Waals surface area contributed by atoms with E-state index in [4.69, 9.17) is 0 Å². The minimum Gasteiger partial charge on any atom is -1.00 e. The van der Waals surface area contributed by atoms with Crippen LogP contribution in [0.5, 0.6) is 0 Å². The van der Waals surface area contributed by atoms with Crippen LogP contribution in [-0.2, 0) is 43.6 Å². The molecule has 388 valence electrons. The van der Waals surface area contributed by atoms with E-state index in [0.717, 1.165) is 57.9 Å². The molecule has 0 saturated carbocycles. The molecule has 0 aromatic carbocycles. The number of halogens is 2. The van der Waals surface area contributed by atoms with Crippen molar-refractivity contribution in [3.8, 4) is 10.0 Å². The van der Waals surface area contributed by atoms with Crippen molar-refractivity contribution in [2.24, 2.45) is 0 Å². The summed E-state index contributed by atoms with van der Waals surface area (Å²) < 4.78 is 4.96. The van der Waals surface area contributed by atoms with Crippen LogP contribution >= 0.6 is 22.7 Å². The number of carbonyl (C=O) groups excluding carboxylic acids is 2. The normalized spacial score (nSPS) is 14.0. The zero-order chi connectivity index (χ0) is 46.9. The van der Waals surface area contributed by atoms with Crippen LogP contribution in [0.25, 0.3) is 10.0 Å². The summed E-state index contributed by atoms with van der Waals surface area (Å²) in [5.41, 5.74) is 3.32. The highest BCUT2D eigenvalue weighted by Crippen LogP contribution is 2.41. The van der Waals surface area contributed by atoms with Gasteiger partial charge in [0, 0.05) is 54.6 Å². The molecular weight excluding hydrogens is 1010 g/mol. The Kier molecular flexibility index (Phi) is 37.1. The Hall–Kier alpha value is -1.33. The number of hydrogen-bond donors (Lipinski definition) is 1. The molecule has 0 aliphatic carbocycles. The molecule has 4 heterocycles. The second-order valence-electron chi connectivity index (χ2n) is 20.0. The van der Waals surface area contributed by atoms with Crippen molar-refractivity contribution >= 4 is 34.2 Å². The average molecular weight is 1110 g/mol. The van der Waals surface area contributed by atoms with Gasteiger partial charge in [0.2, 0.25) is 5.78 Å². The number of aryl methyl sites for hydroxylation is 2. The smallest absolute Gasteiger partial charge is 0.295 e. The maximum Gasteiger partial charge on any atom is 0.295 e. The Morgan fingerprint density at radius 1 is 0.544 bits per heavy atom. The third-order valence-electron chi connectivity index (χ3n) is 14.2. The number of aromatic nitrogens is 3.